The van der Waals surface area contributed by atoms with Gasteiger partial charge in [0, 0.05) is 38.8 Å². The third-order valence-electron chi connectivity index (χ3n) is 4.36. The lowest BCUT2D eigenvalue weighted by Crippen LogP contribution is -2.46. The Kier molecular flexibility index (Phi) is 10.2. The monoisotopic (exact) mass is 477 g/mol. The highest BCUT2D eigenvalue weighted by Crippen LogP contribution is 2.22. The molecule has 1 fully saturated rings. The lowest BCUT2D eigenvalue weighted by Gasteiger charge is -2.35. The number of rotatable bonds is 6. The van der Waals surface area contributed by atoms with E-state index in [2.05, 4.69) is 46.2 Å². The summed E-state index contributed by atoms with van der Waals surface area (Å²) in [6.07, 6.45) is 0. The number of aliphatic imine (C=N–C) groups is 1. The number of benzene rings is 1. The van der Waals surface area contributed by atoms with Gasteiger partial charge in [0.15, 0.2) is 5.96 Å². The van der Waals surface area contributed by atoms with Crippen molar-refractivity contribution in [3.63, 3.8) is 0 Å². The highest BCUT2D eigenvalue weighted by Gasteiger charge is 2.18. The van der Waals surface area contributed by atoms with Crippen LogP contribution in [0.15, 0.2) is 23.2 Å². The Morgan fingerprint density at radius 2 is 1.88 bits per heavy atom. The smallest absolute Gasteiger partial charge is 0.191 e. The zero-order valence-electron chi connectivity index (χ0n) is 16.4. The Morgan fingerprint density at radius 1 is 1.19 bits per heavy atom. The molecule has 0 amide bonds. The highest BCUT2D eigenvalue weighted by atomic mass is 127. The van der Waals surface area contributed by atoms with Gasteiger partial charge in [-0.1, -0.05) is 13.0 Å². The zero-order valence-corrected chi connectivity index (χ0v) is 18.7. The van der Waals surface area contributed by atoms with Gasteiger partial charge in [0.2, 0.25) is 0 Å². The maximum Gasteiger partial charge on any atom is 0.191 e. The number of anilines is 1. The molecule has 0 saturated carbocycles. The molecule has 0 aromatic heterocycles. The summed E-state index contributed by atoms with van der Waals surface area (Å²) in [5.74, 6) is 0.608. The number of piperazine rings is 1. The van der Waals surface area contributed by atoms with Gasteiger partial charge in [-0.25, -0.2) is 9.38 Å². The lowest BCUT2D eigenvalue weighted by molar-refractivity contribution is 0.270. The van der Waals surface area contributed by atoms with Crippen LogP contribution in [-0.2, 0) is 6.54 Å². The molecular formula is C19H33FIN5. The van der Waals surface area contributed by atoms with Crippen LogP contribution in [0.4, 0.5) is 10.1 Å². The predicted molar refractivity (Wildman–Crippen MR) is 119 cm³/mol. The van der Waals surface area contributed by atoms with Crippen LogP contribution in [0, 0.1) is 5.82 Å². The fourth-order valence-electron chi connectivity index (χ4n) is 2.97. The second-order valence-corrected chi connectivity index (χ2v) is 6.70. The van der Waals surface area contributed by atoms with E-state index in [1.807, 2.05) is 19.1 Å². The third-order valence-corrected chi connectivity index (χ3v) is 4.36. The summed E-state index contributed by atoms with van der Waals surface area (Å²) >= 11 is 0. The minimum absolute atomic E-state index is 0. The molecule has 0 aliphatic carbocycles. The Labute approximate surface area is 174 Å². The molecule has 0 unspecified atom stereocenters. The zero-order chi connectivity index (χ0) is 18.2. The van der Waals surface area contributed by atoms with Crippen LogP contribution in [0.1, 0.15) is 33.3 Å². The molecule has 5 nitrogen and oxygen atoms in total. The average Bonchev–Trinajstić information content (AvgIpc) is 2.60. The van der Waals surface area contributed by atoms with Gasteiger partial charge in [-0.2, -0.15) is 0 Å². The van der Waals surface area contributed by atoms with Gasteiger partial charge in [-0.05, 0) is 45.0 Å². The minimum Gasteiger partial charge on any atom is -0.367 e. The fraction of sp³-hybridized carbons (Fsp3) is 0.632. The van der Waals surface area contributed by atoms with Gasteiger partial charge in [0.25, 0.3) is 0 Å². The summed E-state index contributed by atoms with van der Waals surface area (Å²) in [5.41, 5.74) is 1.59. The average molecular weight is 477 g/mol. The molecule has 0 bridgehead atoms. The topological polar surface area (TPSA) is 42.9 Å². The second-order valence-electron chi connectivity index (χ2n) is 6.70. The fourth-order valence-corrected chi connectivity index (χ4v) is 2.97. The number of guanidine groups is 1. The summed E-state index contributed by atoms with van der Waals surface area (Å²) in [5, 5.41) is 6.47. The molecule has 1 aliphatic heterocycles. The molecule has 0 radical (unpaired) electrons. The van der Waals surface area contributed by atoms with Crippen LogP contribution in [0.5, 0.6) is 0 Å². The number of hydrogen-bond donors (Lipinski definition) is 2. The van der Waals surface area contributed by atoms with Crippen LogP contribution in [0.25, 0.3) is 0 Å². The summed E-state index contributed by atoms with van der Waals surface area (Å²) in [4.78, 5) is 9.06. The van der Waals surface area contributed by atoms with Crippen molar-refractivity contribution in [1.29, 1.82) is 0 Å². The van der Waals surface area contributed by atoms with Crippen LogP contribution >= 0.6 is 24.0 Å². The number of nitrogens with one attached hydrogen (secondary N) is 2. The van der Waals surface area contributed by atoms with Crippen LogP contribution in [-0.4, -0.2) is 56.2 Å². The molecule has 2 N–H and O–H groups in total. The summed E-state index contributed by atoms with van der Waals surface area (Å²) in [6.45, 7) is 14.4. The van der Waals surface area contributed by atoms with Crippen molar-refractivity contribution >= 4 is 35.6 Å². The molecule has 1 heterocycles. The van der Waals surface area contributed by atoms with Crippen molar-refractivity contribution in [2.75, 3.05) is 44.2 Å². The Morgan fingerprint density at radius 3 is 2.42 bits per heavy atom. The quantitative estimate of drug-likeness (QED) is 0.376. The molecule has 0 spiro atoms. The van der Waals surface area contributed by atoms with Gasteiger partial charge in [0.05, 0.1) is 12.2 Å². The maximum absolute atomic E-state index is 14.6. The summed E-state index contributed by atoms with van der Waals surface area (Å²) in [6, 6.07) is 5.79. The maximum atomic E-state index is 14.6. The molecule has 26 heavy (non-hydrogen) atoms. The molecule has 148 valence electrons. The number of halogens is 2. The molecule has 1 aromatic rings. The van der Waals surface area contributed by atoms with Crippen molar-refractivity contribution in [1.82, 2.24) is 15.5 Å². The van der Waals surface area contributed by atoms with Crippen molar-refractivity contribution < 1.29 is 4.39 Å². The molecule has 2 rings (SSSR count). The molecule has 0 atom stereocenters. The van der Waals surface area contributed by atoms with E-state index in [0.29, 0.717) is 18.3 Å². The van der Waals surface area contributed by atoms with Crippen LogP contribution in [0.2, 0.25) is 0 Å². The highest BCUT2D eigenvalue weighted by molar-refractivity contribution is 14.0. The van der Waals surface area contributed by atoms with Crippen molar-refractivity contribution in [3.8, 4) is 0 Å². The Balaban J connectivity index is 0.00000338. The summed E-state index contributed by atoms with van der Waals surface area (Å²) in [7, 11) is 0. The van der Waals surface area contributed by atoms with Gasteiger partial charge in [0.1, 0.15) is 5.82 Å². The number of likely N-dealkylation sites (N-methyl/N-ethyl adjacent to an activating group) is 1. The molecular weight excluding hydrogens is 444 g/mol. The van der Waals surface area contributed by atoms with E-state index in [1.54, 1.807) is 6.07 Å². The first-order valence-electron chi connectivity index (χ1n) is 9.34. The molecule has 1 saturated heterocycles. The first kappa shape index (κ1) is 23.0. The first-order chi connectivity index (χ1) is 12.0. The summed E-state index contributed by atoms with van der Waals surface area (Å²) < 4.78 is 14.6. The van der Waals surface area contributed by atoms with E-state index in [0.717, 1.165) is 50.8 Å². The van der Waals surface area contributed by atoms with E-state index in [4.69, 9.17) is 0 Å². The van der Waals surface area contributed by atoms with E-state index in [1.165, 1.54) is 0 Å². The Hall–Kier alpha value is -1.09. The first-order valence-corrected chi connectivity index (χ1v) is 9.34. The normalized spacial score (nSPS) is 15.8. The lowest BCUT2D eigenvalue weighted by atomic mass is 10.1. The van der Waals surface area contributed by atoms with Gasteiger partial charge < -0.3 is 20.4 Å². The van der Waals surface area contributed by atoms with E-state index < -0.39 is 0 Å². The minimum atomic E-state index is -0.153. The number of hydrogen-bond acceptors (Lipinski definition) is 3. The SMILES string of the molecule is CCNC(=NCc1ccc(N2CCN(CC)CC2)c(F)c1)NC(C)C.I. The van der Waals surface area contributed by atoms with E-state index in [9.17, 15) is 4.39 Å². The van der Waals surface area contributed by atoms with Gasteiger partial charge >= 0.3 is 0 Å². The van der Waals surface area contributed by atoms with Crippen LogP contribution < -0.4 is 15.5 Å². The Bertz CT molecular complexity index is 571. The van der Waals surface area contributed by atoms with Crippen LogP contribution in [0.3, 0.4) is 0 Å². The largest absolute Gasteiger partial charge is 0.367 e. The van der Waals surface area contributed by atoms with E-state index >= 15 is 0 Å². The second kappa shape index (κ2) is 11.6. The molecule has 1 aliphatic rings. The van der Waals surface area contributed by atoms with Crippen molar-refractivity contribution in [3.05, 3.63) is 29.6 Å². The molecule has 7 heteroatoms. The van der Waals surface area contributed by atoms with E-state index in [-0.39, 0.29) is 29.8 Å². The van der Waals surface area contributed by atoms with Crippen molar-refractivity contribution in [2.45, 2.75) is 40.3 Å². The van der Waals surface area contributed by atoms with Crippen molar-refractivity contribution in [2.24, 2.45) is 4.99 Å². The standard InChI is InChI=1S/C19H32FN5.HI/c1-5-21-19(23-15(3)4)22-14-16-7-8-18(17(20)13-16)25-11-9-24(6-2)10-12-25;/h7-8,13,15H,5-6,9-12,14H2,1-4H3,(H2,21,22,23);1H. The van der Waals surface area contributed by atoms with Gasteiger partial charge in [-0.3, -0.25) is 0 Å². The molecule has 1 aromatic carbocycles. The third kappa shape index (κ3) is 6.90. The predicted octanol–water partition coefficient (Wildman–Crippen LogP) is 3.05. The van der Waals surface area contributed by atoms with Gasteiger partial charge in [-0.15, -0.1) is 24.0 Å². The number of nitrogens with zero attached hydrogens (tertiary/aromatic N) is 3.